The molecule has 0 saturated heterocycles. The lowest BCUT2D eigenvalue weighted by Crippen LogP contribution is -2.37. The second-order valence-electron chi connectivity index (χ2n) is 5.62. The van der Waals surface area contributed by atoms with Gasteiger partial charge in [0.25, 0.3) is 0 Å². The van der Waals surface area contributed by atoms with Gasteiger partial charge in [-0.3, -0.25) is 0 Å². The van der Waals surface area contributed by atoms with E-state index in [0.717, 1.165) is 43.4 Å². The van der Waals surface area contributed by atoms with Gasteiger partial charge in [-0.1, -0.05) is 38.3 Å². The number of aryl methyl sites for hydroxylation is 1. The molecule has 1 aliphatic rings. The highest BCUT2D eigenvalue weighted by molar-refractivity contribution is 4.92. The van der Waals surface area contributed by atoms with Crippen LogP contribution in [0.1, 0.15) is 64.1 Å². The van der Waals surface area contributed by atoms with E-state index >= 15 is 0 Å². The normalized spacial score (nSPS) is 18.0. The first kappa shape index (κ1) is 14.5. The van der Waals surface area contributed by atoms with Crippen LogP contribution in [0.3, 0.4) is 0 Å². The van der Waals surface area contributed by atoms with Gasteiger partial charge >= 0.3 is 0 Å². The van der Waals surface area contributed by atoms with Crippen molar-refractivity contribution in [3.63, 3.8) is 0 Å². The second-order valence-corrected chi connectivity index (χ2v) is 5.62. The van der Waals surface area contributed by atoms with E-state index in [4.69, 9.17) is 4.52 Å². The third-order valence-electron chi connectivity index (χ3n) is 4.09. The second kappa shape index (κ2) is 7.63. The molecule has 1 saturated carbocycles. The smallest absolute Gasteiger partial charge is 0.228 e. The molecule has 1 heterocycles. The minimum Gasteiger partial charge on any atom is -0.339 e. The van der Waals surface area contributed by atoms with E-state index in [1.165, 1.54) is 32.1 Å². The molecule has 1 aliphatic carbocycles. The largest absolute Gasteiger partial charge is 0.339 e. The molecule has 0 spiro atoms. The molecule has 0 aromatic carbocycles. The molecule has 1 aromatic rings. The van der Waals surface area contributed by atoms with Gasteiger partial charge in [0.05, 0.1) is 0 Å². The SMILES string of the molecule is CCCCc1noc(CC(NCC)C2CCCC2)n1. The summed E-state index contributed by atoms with van der Waals surface area (Å²) in [6.07, 6.45) is 9.57. The molecule has 108 valence electrons. The zero-order valence-corrected chi connectivity index (χ0v) is 12.3. The summed E-state index contributed by atoms with van der Waals surface area (Å²) in [6.45, 7) is 5.36. The Labute approximate surface area is 116 Å². The molecular formula is C15H27N3O. The van der Waals surface area contributed by atoms with Crippen LogP contribution in [0.15, 0.2) is 4.52 Å². The van der Waals surface area contributed by atoms with Crippen molar-refractivity contribution in [3.8, 4) is 0 Å². The molecule has 4 nitrogen and oxygen atoms in total. The Balaban J connectivity index is 1.90. The van der Waals surface area contributed by atoms with Crippen LogP contribution in [0, 0.1) is 5.92 Å². The fourth-order valence-corrected chi connectivity index (χ4v) is 3.03. The maximum Gasteiger partial charge on any atom is 0.228 e. The monoisotopic (exact) mass is 265 g/mol. The molecule has 0 radical (unpaired) electrons. The van der Waals surface area contributed by atoms with Crippen LogP contribution in [0.2, 0.25) is 0 Å². The molecule has 0 bridgehead atoms. The third kappa shape index (κ3) is 4.30. The van der Waals surface area contributed by atoms with Crippen LogP contribution in [-0.2, 0) is 12.8 Å². The summed E-state index contributed by atoms with van der Waals surface area (Å²) >= 11 is 0. The zero-order chi connectivity index (χ0) is 13.5. The Morgan fingerprint density at radius 3 is 2.79 bits per heavy atom. The van der Waals surface area contributed by atoms with Crippen LogP contribution in [0.4, 0.5) is 0 Å². The lowest BCUT2D eigenvalue weighted by Gasteiger charge is -2.22. The molecule has 1 atom stereocenters. The van der Waals surface area contributed by atoms with Gasteiger partial charge in [0, 0.05) is 18.9 Å². The predicted molar refractivity (Wildman–Crippen MR) is 76.0 cm³/mol. The molecule has 4 heteroatoms. The topological polar surface area (TPSA) is 51.0 Å². The number of rotatable bonds is 8. The van der Waals surface area contributed by atoms with Crippen molar-refractivity contribution in [3.05, 3.63) is 11.7 Å². The van der Waals surface area contributed by atoms with Crippen molar-refractivity contribution in [2.45, 2.75) is 71.3 Å². The number of hydrogen-bond donors (Lipinski definition) is 1. The average Bonchev–Trinajstić information content (AvgIpc) is 3.07. The highest BCUT2D eigenvalue weighted by Crippen LogP contribution is 2.29. The molecule has 1 fully saturated rings. The van der Waals surface area contributed by atoms with Gasteiger partial charge in [0.1, 0.15) is 0 Å². The summed E-state index contributed by atoms with van der Waals surface area (Å²) < 4.78 is 5.40. The van der Waals surface area contributed by atoms with Gasteiger partial charge in [-0.2, -0.15) is 4.98 Å². The molecule has 2 rings (SSSR count). The number of nitrogens with zero attached hydrogens (tertiary/aromatic N) is 2. The van der Waals surface area contributed by atoms with Crippen molar-refractivity contribution < 1.29 is 4.52 Å². The Morgan fingerprint density at radius 2 is 2.11 bits per heavy atom. The highest BCUT2D eigenvalue weighted by Gasteiger charge is 2.26. The number of likely N-dealkylation sites (N-methyl/N-ethyl adjacent to an activating group) is 1. The summed E-state index contributed by atoms with van der Waals surface area (Å²) in [5, 5.41) is 7.68. The van der Waals surface area contributed by atoms with Gasteiger partial charge < -0.3 is 9.84 Å². The molecule has 0 aliphatic heterocycles. The summed E-state index contributed by atoms with van der Waals surface area (Å²) in [4.78, 5) is 4.52. The van der Waals surface area contributed by atoms with E-state index in [0.29, 0.717) is 6.04 Å². The summed E-state index contributed by atoms with van der Waals surface area (Å²) in [5.74, 6) is 2.47. The molecule has 1 N–H and O–H groups in total. The first-order chi connectivity index (χ1) is 9.33. The van der Waals surface area contributed by atoms with Gasteiger partial charge in [0.2, 0.25) is 5.89 Å². The lowest BCUT2D eigenvalue weighted by molar-refractivity contribution is 0.309. The van der Waals surface area contributed by atoms with Gasteiger partial charge in [-0.15, -0.1) is 0 Å². The fourth-order valence-electron chi connectivity index (χ4n) is 3.03. The van der Waals surface area contributed by atoms with Crippen molar-refractivity contribution in [2.24, 2.45) is 5.92 Å². The van der Waals surface area contributed by atoms with E-state index in [1.807, 2.05) is 0 Å². The molecule has 1 unspecified atom stereocenters. The maximum atomic E-state index is 5.40. The van der Waals surface area contributed by atoms with Crippen molar-refractivity contribution in [1.82, 2.24) is 15.5 Å². The summed E-state index contributed by atoms with van der Waals surface area (Å²) in [5.41, 5.74) is 0. The van der Waals surface area contributed by atoms with Crippen LogP contribution in [0.5, 0.6) is 0 Å². The number of aromatic nitrogens is 2. The molecule has 19 heavy (non-hydrogen) atoms. The van der Waals surface area contributed by atoms with Gasteiger partial charge in [-0.05, 0) is 31.7 Å². The van der Waals surface area contributed by atoms with E-state index in [-0.39, 0.29) is 0 Å². The standard InChI is InChI=1S/C15H27N3O/c1-3-5-10-14-17-15(19-18-14)11-13(16-4-2)12-8-6-7-9-12/h12-13,16H,3-11H2,1-2H3. The number of unbranched alkanes of at least 4 members (excludes halogenated alkanes) is 1. The molecular weight excluding hydrogens is 238 g/mol. The number of nitrogens with one attached hydrogen (secondary N) is 1. The Kier molecular flexibility index (Phi) is 5.83. The average molecular weight is 265 g/mol. The van der Waals surface area contributed by atoms with Crippen LogP contribution < -0.4 is 5.32 Å². The predicted octanol–water partition coefficient (Wildman–Crippen LogP) is 3.12. The highest BCUT2D eigenvalue weighted by atomic mass is 16.5. The Morgan fingerprint density at radius 1 is 1.32 bits per heavy atom. The Bertz CT molecular complexity index is 358. The molecule has 1 aromatic heterocycles. The van der Waals surface area contributed by atoms with Crippen LogP contribution >= 0.6 is 0 Å². The fraction of sp³-hybridized carbons (Fsp3) is 0.867. The maximum absolute atomic E-state index is 5.40. The Hall–Kier alpha value is -0.900. The van der Waals surface area contributed by atoms with Gasteiger partial charge in [0.15, 0.2) is 5.82 Å². The third-order valence-corrected chi connectivity index (χ3v) is 4.09. The quantitative estimate of drug-likeness (QED) is 0.784. The van der Waals surface area contributed by atoms with Crippen molar-refractivity contribution >= 4 is 0 Å². The van der Waals surface area contributed by atoms with Crippen molar-refractivity contribution in [1.29, 1.82) is 0 Å². The summed E-state index contributed by atoms with van der Waals surface area (Å²) in [7, 11) is 0. The minimum absolute atomic E-state index is 0.506. The number of hydrogen-bond acceptors (Lipinski definition) is 4. The van der Waals surface area contributed by atoms with Crippen molar-refractivity contribution in [2.75, 3.05) is 6.54 Å². The van der Waals surface area contributed by atoms with E-state index in [1.54, 1.807) is 0 Å². The van der Waals surface area contributed by atoms with Gasteiger partial charge in [-0.25, -0.2) is 0 Å². The minimum atomic E-state index is 0.506. The zero-order valence-electron chi connectivity index (χ0n) is 12.3. The lowest BCUT2D eigenvalue weighted by atomic mass is 9.95. The summed E-state index contributed by atoms with van der Waals surface area (Å²) in [6, 6.07) is 0.506. The van der Waals surface area contributed by atoms with E-state index in [2.05, 4.69) is 29.3 Å². The van der Waals surface area contributed by atoms with Crippen LogP contribution in [0.25, 0.3) is 0 Å². The van der Waals surface area contributed by atoms with E-state index < -0.39 is 0 Å². The van der Waals surface area contributed by atoms with E-state index in [9.17, 15) is 0 Å². The first-order valence-corrected chi connectivity index (χ1v) is 7.88. The first-order valence-electron chi connectivity index (χ1n) is 7.88. The molecule has 0 amide bonds. The van der Waals surface area contributed by atoms with Crippen LogP contribution in [-0.4, -0.2) is 22.7 Å².